The van der Waals surface area contributed by atoms with Crippen LogP contribution in [0.5, 0.6) is 0 Å². The number of imide groups is 1. The molecule has 1 fully saturated rings. The van der Waals surface area contributed by atoms with Gasteiger partial charge in [0.25, 0.3) is 0 Å². The van der Waals surface area contributed by atoms with E-state index < -0.39 is 0 Å². The van der Waals surface area contributed by atoms with Crippen molar-refractivity contribution in [1.82, 2.24) is 19.7 Å². The Labute approximate surface area is 102 Å². The fourth-order valence-electron chi connectivity index (χ4n) is 1.57. The zero-order valence-electron chi connectivity index (χ0n) is 9.42. The second kappa shape index (κ2) is 4.74. The Hall–Kier alpha value is -1.57. The molecule has 1 saturated heterocycles. The molecule has 17 heavy (non-hydrogen) atoms. The second-order valence-corrected chi connectivity index (χ2v) is 4.67. The lowest BCUT2D eigenvalue weighted by Gasteiger charge is -2.12. The summed E-state index contributed by atoms with van der Waals surface area (Å²) in [4.78, 5) is 24.4. The average molecular weight is 255 g/mol. The maximum absolute atomic E-state index is 11.7. The van der Waals surface area contributed by atoms with Crippen LogP contribution in [0.25, 0.3) is 0 Å². The molecule has 92 valence electrons. The maximum atomic E-state index is 11.7. The molecule has 0 bridgehead atoms. The van der Waals surface area contributed by atoms with E-state index in [1.807, 2.05) is 0 Å². The summed E-state index contributed by atoms with van der Waals surface area (Å²) in [7, 11) is 1.73. The van der Waals surface area contributed by atoms with Crippen molar-refractivity contribution in [3.8, 4) is 0 Å². The molecule has 1 aromatic heterocycles. The Bertz CT molecular complexity index is 458. The minimum absolute atomic E-state index is 0.0897. The van der Waals surface area contributed by atoms with Crippen LogP contribution in [0.1, 0.15) is 12.8 Å². The smallest absolute Gasteiger partial charge is 0.239 e. The number of carbonyl (C=O) groups excluding carboxylic acids is 2. The first-order valence-corrected chi connectivity index (χ1v) is 6.19. The molecule has 0 atom stereocenters. The van der Waals surface area contributed by atoms with Crippen molar-refractivity contribution in [1.29, 1.82) is 0 Å². The lowest BCUT2D eigenvalue weighted by atomic mass is 10.4. The van der Waals surface area contributed by atoms with E-state index in [0.29, 0.717) is 24.1 Å². The molecule has 2 rings (SSSR count). The molecule has 2 amide bonds. The molecule has 0 aliphatic carbocycles. The largest absolute Gasteiger partial charge is 0.368 e. The van der Waals surface area contributed by atoms with Gasteiger partial charge in [0.1, 0.15) is 0 Å². The molecule has 8 heteroatoms. The summed E-state index contributed by atoms with van der Waals surface area (Å²) in [5.74, 6) is 0.210. The molecule has 0 unspecified atom stereocenters. The molecule has 1 aliphatic heterocycles. The van der Waals surface area contributed by atoms with Gasteiger partial charge in [-0.2, -0.15) is 0 Å². The third-order valence-corrected chi connectivity index (χ3v) is 3.57. The van der Waals surface area contributed by atoms with Gasteiger partial charge in [-0.05, 0) is 6.42 Å². The highest BCUT2D eigenvalue weighted by Crippen LogP contribution is 2.18. The van der Waals surface area contributed by atoms with Crippen molar-refractivity contribution in [3.63, 3.8) is 0 Å². The Balaban J connectivity index is 1.92. The van der Waals surface area contributed by atoms with Gasteiger partial charge in [0.15, 0.2) is 5.16 Å². The minimum atomic E-state index is -0.181. The lowest BCUT2D eigenvalue weighted by molar-refractivity contribution is -0.140. The summed E-state index contributed by atoms with van der Waals surface area (Å²) in [6.07, 6.45) is 1.22. The summed E-state index contributed by atoms with van der Waals surface area (Å²) >= 11 is 1.23. The molecule has 0 radical (unpaired) electrons. The van der Waals surface area contributed by atoms with Crippen LogP contribution in [0.3, 0.4) is 0 Å². The van der Waals surface area contributed by atoms with Crippen LogP contribution in [-0.4, -0.2) is 43.8 Å². The molecule has 7 nitrogen and oxygen atoms in total. The summed E-state index contributed by atoms with van der Waals surface area (Å²) in [6.45, 7) is 0.527. The van der Waals surface area contributed by atoms with Crippen LogP contribution < -0.4 is 5.73 Å². The van der Waals surface area contributed by atoms with Crippen LogP contribution in [0, 0.1) is 0 Å². The SMILES string of the molecule is Cn1c(N)nnc1SCC(=O)N1CCCC1=O. The third kappa shape index (κ3) is 2.41. The molecular formula is C9H13N5O2S. The van der Waals surface area contributed by atoms with Crippen molar-refractivity contribution < 1.29 is 9.59 Å². The van der Waals surface area contributed by atoms with Gasteiger partial charge in [-0.1, -0.05) is 11.8 Å². The van der Waals surface area contributed by atoms with E-state index in [0.717, 1.165) is 6.42 Å². The number of carbonyl (C=O) groups is 2. The molecule has 2 N–H and O–H groups in total. The van der Waals surface area contributed by atoms with E-state index in [1.54, 1.807) is 11.6 Å². The lowest BCUT2D eigenvalue weighted by Crippen LogP contribution is -2.33. The molecule has 1 aromatic rings. The van der Waals surface area contributed by atoms with Gasteiger partial charge >= 0.3 is 0 Å². The van der Waals surface area contributed by atoms with Crippen LogP contribution in [-0.2, 0) is 16.6 Å². The van der Waals surface area contributed by atoms with Gasteiger partial charge in [0.2, 0.25) is 17.8 Å². The van der Waals surface area contributed by atoms with Crippen LogP contribution >= 0.6 is 11.8 Å². The highest BCUT2D eigenvalue weighted by atomic mass is 32.2. The van der Waals surface area contributed by atoms with Crippen LogP contribution in [0.15, 0.2) is 5.16 Å². The van der Waals surface area contributed by atoms with Gasteiger partial charge in [-0.3, -0.25) is 19.1 Å². The van der Waals surface area contributed by atoms with Gasteiger partial charge in [0, 0.05) is 20.0 Å². The average Bonchev–Trinajstić information content (AvgIpc) is 2.85. The van der Waals surface area contributed by atoms with E-state index in [1.165, 1.54) is 16.7 Å². The van der Waals surface area contributed by atoms with Crippen molar-refractivity contribution >= 4 is 29.5 Å². The number of thioether (sulfide) groups is 1. The highest BCUT2D eigenvalue weighted by molar-refractivity contribution is 7.99. The number of nitrogen functional groups attached to an aromatic ring is 1. The summed E-state index contributed by atoms with van der Waals surface area (Å²) < 4.78 is 1.60. The summed E-state index contributed by atoms with van der Waals surface area (Å²) in [5, 5.41) is 8.08. The number of anilines is 1. The molecule has 0 aromatic carbocycles. The van der Waals surface area contributed by atoms with E-state index in [4.69, 9.17) is 5.73 Å². The third-order valence-electron chi connectivity index (χ3n) is 2.57. The van der Waals surface area contributed by atoms with Gasteiger partial charge in [-0.25, -0.2) is 0 Å². The van der Waals surface area contributed by atoms with Crippen molar-refractivity contribution in [2.24, 2.45) is 7.05 Å². The first-order valence-electron chi connectivity index (χ1n) is 5.20. The van der Waals surface area contributed by atoms with E-state index in [2.05, 4.69) is 10.2 Å². The van der Waals surface area contributed by atoms with Crippen LogP contribution in [0.4, 0.5) is 5.95 Å². The number of nitrogens with zero attached hydrogens (tertiary/aromatic N) is 4. The van der Waals surface area contributed by atoms with Gasteiger partial charge in [0.05, 0.1) is 5.75 Å². The number of likely N-dealkylation sites (tertiary alicyclic amines) is 1. The van der Waals surface area contributed by atoms with Gasteiger partial charge < -0.3 is 5.73 Å². The number of nitrogens with two attached hydrogens (primary N) is 1. The number of hydrogen-bond donors (Lipinski definition) is 1. The maximum Gasteiger partial charge on any atom is 0.239 e. The molecule has 0 saturated carbocycles. The predicted molar refractivity (Wildman–Crippen MR) is 62.1 cm³/mol. The van der Waals surface area contributed by atoms with E-state index in [-0.39, 0.29) is 17.6 Å². The zero-order valence-corrected chi connectivity index (χ0v) is 10.2. The standard InChI is InChI=1S/C9H13N5O2S/c1-13-8(10)11-12-9(13)17-5-7(16)14-4-2-3-6(14)15/h2-5H2,1H3,(H2,10,11). The Morgan fingerprint density at radius 2 is 2.29 bits per heavy atom. The number of amides is 2. The van der Waals surface area contributed by atoms with Gasteiger partial charge in [-0.15, -0.1) is 10.2 Å². The molecule has 1 aliphatic rings. The van der Waals surface area contributed by atoms with Crippen LogP contribution in [0.2, 0.25) is 0 Å². The van der Waals surface area contributed by atoms with E-state index >= 15 is 0 Å². The monoisotopic (exact) mass is 255 g/mol. The zero-order chi connectivity index (χ0) is 12.4. The fraction of sp³-hybridized carbons (Fsp3) is 0.556. The number of rotatable bonds is 3. The van der Waals surface area contributed by atoms with Crippen molar-refractivity contribution in [2.45, 2.75) is 18.0 Å². The first-order chi connectivity index (χ1) is 8.09. The molecule has 0 spiro atoms. The molecule has 2 heterocycles. The van der Waals surface area contributed by atoms with Crippen molar-refractivity contribution in [3.05, 3.63) is 0 Å². The Kier molecular flexibility index (Phi) is 3.32. The predicted octanol–water partition coefficient (Wildman–Crippen LogP) is -0.362. The highest BCUT2D eigenvalue weighted by Gasteiger charge is 2.26. The molecular weight excluding hydrogens is 242 g/mol. The second-order valence-electron chi connectivity index (χ2n) is 3.73. The quantitative estimate of drug-likeness (QED) is 0.741. The number of aromatic nitrogens is 3. The summed E-state index contributed by atoms with van der Waals surface area (Å²) in [6, 6.07) is 0. The van der Waals surface area contributed by atoms with Crippen molar-refractivity contribution in [2.75, 3.05) is 18.0 Å². The Morgan fingerprint density at radius 1 is 1.53 bits per heavy atom. The Morgan fingerprint density at radius 3 is 2.82 bits per heavy atom. The minimum Gasteiger partial charge on any atom is -0.368 e. The van der Waals surface area contributed by atoms with E-state index in [9.17, 15) is 9.59 Å². The topological polar surface area (TPSA) is 94.1 Å². The normalized spacial score (nSPS) is 15.6. The summed E-state index contributed by atoms with van der Waals surface area (Å²) in [5.41, 5.74) is 5.52. The number of hydrogen-bond acceptors (Lipinski definition) is 6. The fourth-order valence-corrected chi connectivity index (χ4v) is 2.36. The first kappa shape index (κ1) is 11.9.